The first-order chi connectivity index (χ1) is 8.63. The predicted octanol–water partition coefficient (Wildman–Crippen LogP) is 3.89. The summed E-state index contributed by atoms with van der Waals surface area (Å²) >= 11 is 0. The minimum absolute atomic E-state index is 0.0765. The summed E-state index contributed by atoms with van der Waals surface area (Å²) in [6, 6.07) is 17.3. The highest BCUT2D eigenvalue weighted by Crippen LogP contribution is 2.11. The first-order valence-electron chi connectivity index (χ1n) is 5.80. The molecule has 0 saturated carbocycles. The Balaban J connectivity index is 0.000000199. The number of methoxy groups -OCH3 is 1. The highest BCUT2D eigenvalue weighted by molar-refractivity contribution is 5.94. The number of rotatable bonds is 2. The maximum absolute atomic E-state index is 10.8. The fraction of sp³-hybridized carbons (Fsp3) is 0.188. The molecule has 0 saturated heterocycles. The summed E-state index contributed by atoms with van der Waals surface area (Å²) in [7, 11) is 1.60. The monoisotopic (exact) mass is 242 g/mol. The van der Waals surface area contributed by atoms with Crippen LogP contribution in [0.5, 0.6) is 5.75 Å². The molecule has 0 aliphatic heterocycles. The first kappa shape index (κ1) is 14.0. The van der Waals surface area contributed by atoms with Crippen molar-refractivity contribution in [3.63, 3.8) is 0 Å². The van der Waals surface area contributed by atoms with Gasteiger partial charge in [-0.25, -0.2) is 0 Å². The number of hydrogen-bond acceptors (Lipinski definition) is 2. The van der Waals surface area contributed by atoms with Crippen molar-refractivity contribution >= 4 is 5.78 Å². The molecule has 94 valence electrons. The van der Waals surface area contributed by atoms with Gasteiger partial charge in [0, 0.05) is 5.56 Å². The fourth-order valence-electron chi connectivity index (χ4n) is 1.36. The van der Waals surface area contributed by atoms with Crippen LogP contribution in [0.3, 0.4) is 0 Å². The Labute approximate surface area is 108 Å². The normalized spacial score (nSPS) is 9.06. The number of aryl methyl sites for hydroxylation is 1. The number of benzene rings is 2. The van der Waals surface area contributed by atoms with E-state index in [1.807, 2.05) is 18.2 Å². The van der Waals surface area contributed by atoms with Gasteiger partial charge < -0.3 is 4.74 Å². The summed E-state index contributed by atoms with van der Waals surface area (Å²) in [5.74, 6) is 0.850. The molecule has 0 fully saturated rings. The molecule has 2 heteroatoms. The molecule has 18 heavy (non-hydrogen) atoms. The van der Waals surface area contributed by atoms with Crippen LogP contribution in [0.25, 0.3) is 0 Å². The van der Waals surface area contributed by atoms with Gasteiger partial charge in [0.25, 0.3) is 0 Å². The van der Waals surface area contributed by atoms with E-state index in [9.17, 15) is 4.79 Å². The van der Waals surface area contributed by atoms with Crippen LogP contribution in [0.4, 0.5) is 0 Å². The van der Waals surface area contributed by atoms with E-state index in [-0.39, 0.29) is 5.78 Å². The van der Waals surface area contributed by atoms with Gasteiger partial charge in [-0.1, -0.05) is 35.9 Å². The molecule has 0 bridgehead atoms. The summed E-state index contributed by atoms with van der Waals surface area (Å²) in [4.78, 5) is 10.8. The molecule has 0 aromatic heterocycles. The number of Topliss-reactive ketones (excluding diaryl/α,β-unsaturated/α-hetero) is 1. The lowest BCUT2D eigenvalue weighted by Crippen LogP contribution is -1.91. The Hall–Kier alpha value is -2.09. The zero-order chi connectivity index (χ0) is 13.4. The van der Waals surface area contributed by atoms with Gasteiger partial charge in [0.15, 0.2) is 5.78 Å². The molecule has 0 unspecified atom stereocenters. The molecule has 2 rings (SSSR count). The molecule has 0 aliphatic rings. The zero-order valence-corrected chi connectivity index (χ0v) is 11.0. The van der Waals surface area contributed by atoms with Crippen molar-refractivity contribution in [3.05, 3.63) is 65.7 Å². The van der Waals surface area contributed by atoms with Crippen molar-refractivity contribution < 1.29 is 9.53 Å². The molecule has 0 heterocycles. The Kier molecular flexibility index (Phi) is 5.65. The molecule has 0 spiro atoms. The van der Waals surface area contributed by atoms with Crippen LogP contribution in [0, 0.1) is 6.92 Å². The van der Waals surface area contributed by atoms with Crippen molar-refractivity contribution in [2.24, 2.45) is 0 Å². The van der Waals surface area contributed by atoms with Crippen LogP contribution in [0.1, 0.15) is 22.8 Å². The van der Waals surface area contributed by atoms with Crippen molar-refractivity contribution in [1.29, 1.82) is 0 Å². The van der Waals surface area contributed by atoms with E-state index in [0.717, 1.165) is 5.75 Å². The molecule has 2 aromatic rings. The third-order valence-electron chi connectivity index (χ3n) is 2.44. The lowest BCUT2D eigenvalue weighted by molar-refractivity contribution is 0.101. The Bertz CT molecular complexity index is 472. The number of carbonyl (C=O) groups is 1. The minimum atomic E-state index is 0.0765. The van der Waals surface area contributed by atoms with Gasteiger partial charge in [0.05, 0.1) is 7.11 Å². The van der Waals surface area contributed by atoms with Crippen LogP contribution < -0.4 is 4.74 Å². The summed E-state index contributed by atoms with van der Waals surface area (Å²) < 4.78 is 4.94. The summed E-state index contributed by atoms with van der Waals surface area (Å²) in [5.41, 5.74) is 2.04. The van der Waals surface area contributed by atoms with Crippen molar-refractivity contribution in [2.45, 2.75) is 13.8 Å². The smallest absolute Gasteiger partial charge is 0.159 e. The Morgan fingerprint density at radius 3 is 1.83 bits per heavy atom. The summed E-state index contributed by atoms with van der Waals surface area (Å²) in [6.45, 7) is 3.63. The Morgan fingerprint density at radius 2 is 1.50 bits per heavy atom. The molecule has 2 nitrogen and oxygen atoms in total. The molecule has 0 atom stereocenters. The van der Waals surface area contributed by atoms with E-state index < -0.39 is 0 Å². The fourth-order valence-corrected chi connectivity index (χ4v) is 1.36. The van der Waals surface area contributed by atoms with Crippen molar-refractivity contribution in [2.75, 3.05) is 7.11 Å². The van der Waals surface area contributed by atoms with Gasteiger partial charge in [-0.05, 0) is 38.1 Å². The summed E-state index contributed by atoms with van der Waals surface area (Å²) in [5, 5.41) is 0. The highest BCUT2D eigenvalue weighted by Gasteiger charge is 1.97. The standard InChI is InChI=1S/C9H10O2.C7H8/c1-7(10)8-3-5-9(11-2)6-4-8;1-7-5-3-2-4-6-7/h3-6H,1-2H3;2-6H,1H3. The van der Waals surface area contributed by atoms with E-state index in [1.54, 1.807) is 38.3 Å². The lowest BCUT2D eigenvalue weighted by atomic mass is 10.1. The average molecular weight is 242 g/mol. The van der Waals surface area contributed by atoms with Crippen molar-refractivity contribution in [1.82, 2.24) is 0 Å². The van der Waals surface area contributed by atoms with Crippen LogP contribution in [0.2, 0.25) is 0 Å². The molecular weight excluding hydrogens is 224 g/mol. The maximum Gasteiger partial charge on any atom is 0.159 e. The number of ketones is 1. The largest absolute Gasteiger partial charge is 0.497 e. The molecule has 0 radical (unpaired) electrons. The van der Waals surface area contributed by atoms with Crippen LogP contribution in [-0.2, 0) is 0 Å². The van der Waals surface area contributed by atoms with Gasteiger partial charge in [-0.3, -0.25) is 4.79 Å². The number of ether oxygens (including phenoxy) is 1. The van der Waals surface area contributed by atoms with Crippen LogP contribution in [-0.4, -0.2) is 12.9 Å². The Morgan fingerprint density at radius 1 is 0.944 bits per heavy atom. The highest BCUT2D eigenvalue weighted by atomic mass is 16.5. The summed E-state index contributed by atoms with van der Waals surface area (Å²) in [6.07, 6.45) is 0. The molecule has 0 aliphatic carbocycles. The topological polar surface area (TPSA) is 26.3 Å². The zero-order valence-electron chi connectivity index (χ0n) is 11.0. The van der Waals surface area contributed by atoms with E-state index >= 15 is 0 Å². The number of carbonyl (C=O) groups excluding carboxylic acids is 1. The van der Waals surface area contributed by atoms with E-state index in [2.05, 4.69) is 19.1 Å². The quantitative estimate of drug-likeness (QED) is 0.747. The molecule has 2 aromatic carbocycles. The number of hydrogen-bond donors (Lipinski definition) is 0. The van der Waals surface area contributed by atoms with Gasteiger partial charge in [-0.15, -0.1) is 0 Å². The van der Waals surface area contributed by atoms with E-state index in [0.29, 0.717) is 5.56 Å². The van der Waals surface area contributed by atoms with Gasteiger partial charge in [0.1, 0.15) is 5.75 Å². The maximum atomic E-state index is 10.8. The van der Waals surface area contributed by atoms with Gasteiger partial charge in [-0.2, -0.15) is 0 Å². The van der Waals surface area contributed by atoms with Crippen LogP contribution in [0.15, 0.2) is 54.6 Å². The minimum Gasteiger partial charge on any atom is -0.497 e. The van der Waals surface area contributed by atoms with E-state index in [4.69, 9.17) is 4.74 Å². The van der Waals surface area contributed by atoms with Crippen LogP contribution >= 0.6 is 0 Å². The third kappa shape index (κ3) is 4.83. The second-order valence-electron chi connectivity index (χ2n) is 3.94. The van der Waals surface area contributed by atoms with Crippen molar-refractivity contribution in [3.8, 4) is 5.75 Å². The molecule has 0 N–H and O–H groups in total. The second-order valence-corrected chi connectivity index (χ2v) is 3.94. The predicted molar refractivity (Wildman–Crippen MR) is 74.2 cm³/mol. The van der Waals surface area contributed by atoms with Gasteiger partial charge >= 0.3 is 0 Å². The molecular formula is C16H18O2. The second kappa shape index (κ2) is 7.28. The lowest BCUT2D eigenvalue weighted by Gasteiger charge is -1.98. The van der Waals surface area contributed by atoms with Gasteiger partial charge in [0.2, 0.25) is 0 Å². The van der Waals surface area contributed by atoms with E-state index in [1.165, 1.54) is 5.56 Å². The SMILES string of the molecule is COc1ccc(C(C)=O)cc1.Cc1ccccc1. The average Bonchev–Trinajstić information content (AvgIpc) is 2.40. The first-order valence-corrected chi connectivity index (χ1v) is 5.80. The third-order valence-corrected chi connectivity index (χ3v) is 2.44. The molecule has 0 amide bonds.